The lowest BCUT2D eigenvalue weighted by Gasteiger charge is -2.15. The summed E-state index contributed by atoms with van der Waals surface area (Å²) in [4.78, 5) is 26.3. The second-order valence-corrected chi connectivity index (χ2v) is 9.14. The van der Waals surface area contributed by atoms with E-state index in [1.807, 2.05) is 37.3 Å². The number of carbonyl (C=O) groups excluding carboxylic acids is 2. The molecule has 1 aliphatic heterocycles. The predicted octanol–water partition coefficient (Wildman–Crippen LogP) is 6.64. The third-order valence-electron chi connectivity index (χ3n) is 5.12. The average Bonchev–Trinajstić information content (AvgIpc) is 3.05. The zero-order chi connectivity index (χ0) is 22.7. The number of imide groups is 1. The van der Waals surface area contributed by atoms with Crippen molar-refractivity contribution in [3.8, 4) is 11.5 Å². The van der Waals surface area contributed by atoms with Gasteiger partial charge in [0.05, 0.1) is 16.5 Å². The maximum absolute atomic E-state index is 12.5. The number of halogens is 1. The average molecular weight is 512 g/mol. The molecule has 1 fully saturated rings. The van der Waals surface area contributed by atoms with Gasteiger partial charge in [0.25, 0.3) is 11.1 Å². The van der Waals surface area contributed by atoms with E-state index >= 15 is 0 Å². The number of ether oxygens (including phenoxy) is 2. The normalized spacial score (nSPS) is 15.1. The van der Waals surface area contributed by atoms with E-state index in [4.69, 9.17) is 9.47 Å². The van der Waals surface area contributed by atoms with E-state index < -0.39 is 0 Å². The Kier molecular flexibility index (Phi) is 6.86. The lowest BCUT2D eigenvalue weighted by molar-refractivity contribution is -0.122. The largest absolute Gasteiger partial charge is 0.493 e. The number of thioether (sulfide) groups is 1. The fraction of sp³-hybridized carbons (Fsp3) is 0.200. The van der Waals surface area contributed by atoms with E-state index in [0.717, 1.165) is 40.1 Å². The van der Waals surface area contributed by atoms with E-state index in [1.54, 1.807) is 19.3 Å². The topological polar surface area (TPSA) is 55.8 Å². The number of benzene rings is 3. The molecule has 1 saturated heterocycles. The van der Waals surface area contributed by atoms with Crippen molar-refractivity contribution in [2.75, 3.05) is 13.7 Å². The quantitative estimate of drug-likeness (QED) is 0.333. The summed E-state index contributed by atoms with van der Waals surface area (Å²) in [5, 5.41) is 2.07. The van der Waals surface area contributed by atoms with Crippen LogP contribution in [-0.4, -0.2) is 29.7 Å². The maximum atomic E-state index is 12.5. The number of methoxy groups -OCH3 is 1. The molecule has 1 aliphatic rings. The van der Waals surface area contributed by atoms with Crippen LogP contribution in [0.15, 0.2) is 64.0 Å². The van der Waals surface area contributed by atoms with Crippen molar-refractivity contribution in [1.82, 2.24) is 4.90 Å². The highest BCUT2D eigenvalue weighted by molar-refractivity contribution is 9.10. The minimum Gasteiger partial charge on any atom is -0.493 e. The molecule has 2 amide bonds. The van der Waals surface area contributed by atoms with Gasteiger partial charge in [0.2, 0.25) is 0 Å². The van der Waals surface area contributed by atoms with Crippen molar-refractivity contribution in [3.05, 3.63) is 75.1 Å². The lowest BCUT2D eigenvalue weighted by atomic mass is 10.1. The van der Waals surface area contributed by atoms with Crippen molar-refractivity contribution in [2.24, 2.45) is 0 Å². The molecule has 0 saturated carbocycles. The number of amides is 2. The Balaban J connectivity index is 1.59. The first kappa shape index (κ1) is 22.4. The van der Waals surface area contributed by atoms with Crippen LogP contribution in [0.4, 0.5) is 4.79 Å². The van der Waals surface area contributed by atoms with Gasteiger partial charge in [-0.3, -0.25) is 14.5 Å². The van der Waals surface area contributed by atoms with Crippen LogP contribution >= 0.6 is 27.7 Å². The second-order valence-electron chi connectivity index (χ2n) is 7.29. The van der Waals surface area contributed by atoms with Gasteiger partial charge >= 0.3 is 0 Å². The van der Waals surface area contributed by atoms with Crippen LogP contribution < -0.4 is 9.47 Å². The number of hydrogen-bond donors (Lipinski definition) is 0. The molecular weight excluding hydrogens is 490 g/mol. The zero-order valence-corrected chi connectivity index (χ0v) is 20.2. The summed E-state index contributed by atoms with van der Waals surface area (Å²) in [6, 6.07) is 18.0. The van der Waals surface area contributed by atoms with Crippen LogP contribution in [0.1, 0.15) is 24.5 Å². The standard InChI is InChI=1S/C25H22BrNO4S/c1-3-11-27-24(28)22(32-25(27)29)14-16-12-20(26)23(21(13-16)30-2)31-15-18-9-6-8-17-7-4-5-10-19(17)18/h4-10,12-14H,3,11,15H2,1-2H3/b22-14-. The monoisotopic (exact) mass is 511 g/mol. The molecule has 32 heavy (non-hydrogen) atoms. The van der Waals surface area contributed by atoms with Gasteiger partial charge in [0.1, 0.15) is 6.61 Å². The Morgan fingerprint density at radius 2 is 1.88 bits per heavy atom. The summed E-state index contributed by atoms with van der Waals surface area (Å²) in [6.45, 7) is 2.74. The van der Waals surface area contributed by atoms with E-state index in [1.165, 1.54) is 4.90 Å². The zero-order valence-electron chi connectivity index (χ0n) is 17.8. The molecule has 3 aromatic carbocycles. The Bertz CT molecular complexity index is 1220. The van der Waals surface area contributed by atoms with Gasteiger partial charge in [-0.2, -0.15) is 0 Å². The summed E-state index contributed by atoms with van der Waals surface area (Å²) < 4.78 is 12.4. The van der Waals surface area contributed by atoms with Crippen LogP contribution in [-0.2, 0) is 11.4 Å². The minimum atomic E-state index is -0.256. The van der Waals surface area contributed by atoms with Gasteiger partial charge in [-0.15, -0.1) is 0 Å². The molecule has 0 aromatic heterocycles. The first-order valence-electron chi connectivity index (χ1n) is 10.2. The Labute approximate surface area is 199 Å². The summed E-state index contributed by atoms with van der Waals surface area (Å²) in [5.74, 6) is 0.864. The first-order chi connectivity index (χ1) is 15.5. The van der Waals surface area contributed by atoms with Gasteiger partial charge in [-0.25, -0.2) is 0 Å². The van der Waals surface area contributed by atoms with Crippen LogP contribution in [0, 0.1) is 0 Å². The molecule has 0 radical (unpaired) electrons. The van der Waals surface area contributed by atoms with E-state index in [9.17, 15) is 9.59 Å². The number of carbonyl (C=O) groups is 2. The molecule has 7 heteroatoms. The molecule has 0 aliphatic carbocycles. The molecule has 0 spiro atoms. The number of rotatable bonds is 7. The van der Waals surface area contributed by atoms with Crippen molar-refractivity contribution in [2.45, 2.75) is 20.0 Å². The van der Waals surface area contributed by atoms with Gasteiger partial charge in [-0.1, -0.05) is 49.4 Å². The van der Waals surface area contributed by atoms with E-state index in [-0.39, 0.29) is 11.1 Å². The fourth-order valence-electron chi connectivity index (χ4n) is 3.60. The van der Waals surface area contributed by atoms with Crippen molar-refractivity contribution in [1.29, 1.82) is 0 Å². The summed E-state index contributed by atoms with van der Waals surface area (Å²) in [7, 11) is 1.57. The highest BCUT2D eigenvalue weighted by Gasteiger charge is 2.34. The predicted molar refractivity (Wildman–Crippen MR) is 132 cm³/mol. The SMILES string of the molecule is CCCN1C(=O)S/C(=C\c2cc(Br)c(OCc3cccc4ccccc34)c(OC)c2)C1=O. The molecule has 0 unspecified atom stereocenters. The summed E-state index contributed by atoms with van der Waals surface area (Å²) in [6.07, 6.45) is 2.44. The molecule has 0 N–H and O–H groups in total. The Morgan fingerprint density at radius 1 is 1.09 bits per heavy atom. The van der Waals surface area contributed by atoms with Gasteiger partial charge in [-0.05, 0) is 74.2 Å². The molecule has 3 aromatic rings. The van der Waals surface area contributed by atoms with Gasteiger partial charge in [0, 0.05) is 6.54 Å². The van der Waals surface area contributed by atoms with Gasteiger partial charge < -0.3 is 9.47 Å². The second kappa shape index (κ2) is 9.79. The highest BCUT2D eigenvalue weighted by atomic mass is 79.9. The first-order valence-corrected chi connectivity index (χ1v) is 11.8. The molecule has 164 valence electrons. The molecule has 0 atom stereocenters. The maximum Gasteiger partial charge on any atom is 0.293 e. The smallest absolute Gasteiger partial charge is 0.293 e. The van der Waals surface area contributed by atoms with Crippen LogP contribution in [0.25, 0.3) is 16.8 Å². The van der Waals surface area contributed by atoms with E-state index in [0.29, 0.717) is 34.0 Å². The molecule has 0 bridgehead atoms. The number of fused-ring (bicyclic) bond motifs is 1. The van der Waals surface area contributed by atoms with Crippen molar-refractivity contribution >= 4 is 55.7 Å². The molecule has 1 heterocycles. The highest BCUT2D eigenvalue weighted by Crippen LogP contribution is 2.39. The van der Waals surface area contributed by atoms with E-state index in [2.05, 4.69) is 34.1 Å². The Morgan fingerprint density at radius 3 is 2.66 bits per heavy atom. The molecule has 4 rings (SSSR count). The third kappa shape index (κ3) is 4.54. The molecular formula is C25H22BrNO4S. The van der Waals surface area contributed by atoms with Crippen LogP contribution in [0.3, 0.4) is 0 Å². The lowest BCUT2D eigenvalue weighted by Crippen LogP contribution is -2.28. The number of nitrogens with zero attached hydrogens (tertiary/aromatic N) is 1. The van der Waals surface area contributed by atoms with Crippen molar-refractivity contribution in [3.63, 3.8) is 0 Å². The minimum absolute atomic E-state index is 0.232. The fourth-order valence-corrected chi connectivity index (χ4v) is 5.04. The Hall–Kier alpha value is -2.77. The summed E-state index contributed by atoms with van der Waals surface area (Å²) in [5.41, 5.74) is 1.82. The van der Waals surface area contributed by atoms with Gasteiger partial charge in [0.15, 0.2) is 11.5 Å². The number of hydrogen-bond acceptors (Lipinski definition) is 5. The van der Waals surface area contributed by atoms with Crippen molar-refractivity contribution < 1.29 is 19.1 Å². The van der Waals surface area contributed by atoms with Crippen LogP contribution in [0.5, 0.6) is 11.5 Å². The third-order valence-corrected chi connectivity index (χ3v) is 6.62. The van der Waals surface area contributed by atoms with Crippen LogP contribution in [0.2, 0.25) is 0 Å². The summed E-state index contributed by atoms with van der Waals surface area (Å²) >= 11 is 4.53. The molecule has 5 nitrogen and oxygen atoms in total.